The SMILES string of the molecule is NC1CCN(c2cc3c(c(=O)c(C(=O)O)cn3C3CC3)c3nc[nH]c23)C1. The normalized spacial score (nSPS) is 20.3. The number of hydrogen-bond donors (Lipinski definition) is 3. The highest BCUT2D eigenvalue weighted by Crippen LogP contribution is 2.40. The van der Waals surface area contributed by atoms with Gasteiger partial charge in [0.15, 0.2) is 0 Å². The Balaban J connectivity index is 1.88. The number of fused-ring (bicyclic) bond motifs is 3. The standard InChI is InChI=1S/C18H19N5O3/c19-9-3-4-22(6-9)13-5-12-14(16-15(13)20-8-21-16)17(24)11(18(25)26)7-23(12)10-1-2-10/h5,7-10H,1-4,6,19H2,(H,20,21)(H,25,26). The lowest BCUT2D eigenvalue weighted by atomic mass is 10.1. The van der Waals surface area contributed by atoms with Crippen LogP contribution in [-0.2, 0) is 0 Å². The number of nitrogens with two attached hydrogens (primary N) is 1. The van der Waals surface area contributed by atoms with Crippen LogP contribution in [0.2, 0.25) is 0 Å². The first-order valence-corrected chi connectivity index (χ1v) is 8.83. The molecule has 2 fully saturated rings. The fraction of sp³-hybridized carbons (Fsp3) is 0.389. The average molecular weight is 353 g/mol. The van der Waals surface area contributed by atoms with Gasteiger partial charge in [0.05, 0.1) is 28.4 Å². The Kier molecular flexibility index (Phi) is 3.14. The Morgan fingerprint density at radius 1 is 1.35 bits per heavy atom. The first-order valence-electron chi connectivity index (χ1n) is 8.83. The molecule has 8 nitrogen and oxygen atoms in total. The molecule has 1 atom stereocenters. The molecule has 1 unspecified atom stereocenters. The molecule has 1 saturated carbocycles. The largest absolute Gasteiger partial charge is 0.477 e. The van der Waals surface area contributed by atoms with E-state index in [9.17, 15) is 14.7 Å². The maximum absolute atomic E-state index is 12.9. The lowest BCUT2D eigenvalue weighted by Crippen LogP contribution is -2.26. The number of aromatic nitrogens is 3. The van der Waals surface area contributed by atoms with E-state index in [1.54, 1.807) is 6.33 Å². The minimum absolute atomic E-state index is 0.128. The maximum atomic E-state index is 12.9. The van der Waals surface area contributed by atoms with E-state index in [0.717, 1.165) is 49.1 Å². The number of imidazole rings is 1. The molecule has 2 aromatic heterocycles. The molecule has 1 aliphatic carbocycles. The molecule has 0 amide bonds. The number of carbonyl (C=O) groups is 1. The second-order valence-electron chi connectivity index (χ2n) is 7.23. The summed E-state index contributed by atoms with van der Waals surface area (Å²) in [5, 5.41) is 9.84. The minimum atomic E-state index is -1.20. The summed E-state index contributed by atoms with van der Waals surface area (Å²) in [6.45, 7) is 1.60. The van der Waals surface area contributed by atoms with Crippen molar-refractivity contribution in [3.63, 3.8) is 0 Å². The number of rotatable bonds is 3. The van der Waals surface area contributed by atoms with Crippen LogP contribution in [0.5, 0.6) is 0 Å². The lowest BCUT2D eigenvalue weighted by molar-refractivity contribution is 0.0695. The van der Waals surface area contributed by atoms with Crippen LogP contribution < -0.4 is 16.1 Å². The zero-order valence-electron chi connectivity index (χ0n) is 14.1. The third-order valence-corrected chi connectivity index (χ3v) is 5.42. The van der Waals surface area contributed by atoms with Gasteiger partial charge < -0.3 is 25.3 Å². The number of anilines is 1. The number of benzene rings is 1. The third kappa shape index (κ3) is 2.15. The van der Waals surface area contributed by atoms with Gasteiger partial charge in [-0.2, -0.15) is 0 Å². The number of H-pyrrole nitrogens is 1. The van der Waals surface area contributed by atoms with Gasteiger partial charge in [-0.1, -0.05) is 0 Å². The Morgan fingerprint density at radius 2 is 2.15 bits per heavy atom. The molecule has 2 aliphatic rings. The summed E-state index contributed by atoms with van der Waals surface area (Å²) in [5.74, 6) is -1.20. The molecule has 3 aromatic rings. The van der Waals surface area contributed by atoms with Gasteiger partial charge in [0.2, 0.25) is 5.43 Å². The van der Waals surface area contributed by atoms with Gasteiger partial charge in [0.25, 0.3) is 0 Å². The van der Waals surface area contributed by atoms with E-state index >= 15 is 0 Å². The Bertz CT molecular complexity index is 1110. The van der Waals surface area contributed by atoms with Crippen LogP contribution in [0.1, 0.15) is 35.7 Å². The lowest BCUT2D eigenvalue weighted by Gasteiger charge is -2.21. The van der Waals surface area contributed by atoms with Crippen molar-refractivity contribution < 1.29 is 9.90 Å². The van der Waals surface area contributed by atoms with Gasteiger partial charge in [0, 0.05) is 31.4 Å². The van der Waals surface area contributed by atoms with Crippen LogP contribution in [0.3, 0.4) is 0 Å². The van der Waals surface area contributed by atoms with Crippen LogP contribution >= 0.6 is 0 Å². The summed E-state index contributed by atoms with van der Waals surface area (Å²) in [4.78, 5) is 34.2. The first kappa shape index (κ1) is 15.4. The van der Waals surface area contributed by atoms with Gasteiger partial charge in [-0.25, -0.2) is 9.78 Å². The Labute approximate surface area is 148 Å². The summed E-state index contributed by atoms with van der Waals surface area (Å²) in [7, 11) is 0. The van der Waals surface area contributed by atoms with Crippen LogP contribution in [-0.4, -0.2) is 44.7 Å². The van der Waals surface area contributed by atoms with E-state index in [0.29, 0.717) is 10.9 Å². The number of nitrogens with one attached hydrogen (secondary N) is 1. The van der Waals surface area contributed by atoms with E-state index in [-0.39, 0.29) is 17.6 Å². The molecule has 1 aliphatic heterocycles. The van der Waals surface area contributed by atoms with E-state index in [1.165, 1.54) is 6.20 Å². The molecule has 3 heterocycles. The number of carboxylic acids is 1. The van der Waals surface area contributed by atoms with Crippen molar-refractivity contribution in [1.82, 2.24) is 14.5 Å². The third-order valence-electron chi connectivity index (χ3n) is 5.42. The molecule has 0 radical (unpaired) electrons. The molecule has 5 rings (SSSR count). The highest BCUT2D eigenvalue weighted by Gasteiger charge is 2.30. The van der Waals surface area contributed by atoms with Crippen LogP contribution in [0, 0.1) is 0 Å². The predicted octanol–water partition coefficient (Wildman–Crippen LogP) is 1.45. The second-order valence-corrected chi connectivity index (χ2v) is 7.23. The van der Waals surface area contributed by atoms with Gasteiger partial charge in [-0.3, -0.25) is 4.79 Å². The summed E-state index contributed by atoms with van der Waals surface area (Å²) in [6.07, 6.45) is 5.93. The van der Waals surface area contributed by atoms with Crippen molar-refractivity contribution in [2.45, 2.75) is 31.3 Å². The second kappa shape index (κ2) is 5.31. The zero-order chi connectivity index (χ0) is 18.0. The van der Waals surface area contributed by atoms with Gasteiger partial charge >= 0.3 is 5.97 Å². The van der Waals surface area contributed by atoms with E-state index in [2.05, 4.69) is 14.9 Å². The smallest absolute Gasteiger partial charge is 0.341 e. The fourth-order valence-corrected chi connectivity index (χ4v) is 3.97. The summed E-state index contributed by atoms with van der Waals surface area (Å²) in [5.41, 5.74) is 8.39. The zero-order valence-corrected chi connectivity index (χ0v) is 14.1. The number of aromatic carboxylic acids is 1. The topological polar surface area (TPSA) is 117 Å². The van der Waals surface area contributed by atoms with Crippen molar-refractivity contribution in [1.29, 1.82) is 0 Å². The number of pyridine rings is 1. The molecule has 0 bridgehead atoms. The van der Waals surface area contributed by atoms with Crippen LogP contribution in [0.25, 0.3) is 21.9 Å². The number of nitrogens with zero attached hydrogens (tertiary/aromatic N) is 3. The number of hydrogen-bond acceptors (Lipinski definition) is 5. The summed E-state index contributed by atoms with van der Waals surface area (Å²) < 4.78 is 1.94. The van der Waals surface area contributed by atoms with Crippen molar-refractivity contribution >= 4 is 33.6 Å². The minimum Gasteiger partial charge on any atom is -0.477 e. The monoisotopic (exact) mass is 353 g/mol. The summed E-state index contributed by atoms with van der Waals surface area (Å²) >= 11 is 0. The molecule has 8 heteroatoms. The van der Waals surface area contributed by atoms with Crippen molar-refractivity contribution in [2.24, 2.45) is 5.73 Å². The van der Waals surface area contributed by atoms with Crippen LogP contribution in [0.4, 0.5) is 5.69 Å². The molecule has 1 saturated heterocycles. The Morgan fingerprint density at radius 3 is 2.81 bits per heavy atom. The summed E-state index contributed by atoms with van der Waals surface area (Å²) in [6, 6.07) is 2.35. The quantitative estimate of drug-likeness (QED) is 0.656. The first-order chi connectivity index (χ1) is 12.5. The van der Waals surface area contributed by atoms with Crippen LogP contribution in [0.15, 0.2) is 23.4 Å². The highest BCUT2D eigenvalue weighted by molar-refractivity contribution is 6.10. The van der Waals surface area contributed by atoms with Gasteiger partial charge in [-0.05, 0) is 25.3 Å². The van der Waals surface area contributed by atoms with Crippen molar-refractivity contribution in [3.8, 4) is 0 Å². The Hall–Kier alpha value is -2.87. The van der Waals surface area contributed by atoms with E-state index in [1.807, 2.05) is 10.6 Å². The number of aromatic amines is 1. The van der Waals surface area contributed by atoms with E-state index < -0.39 is 11.4 Å². The molecule has 1 aromatic carbocycles. The fourth-order valence-electron chi connectivity index (χ4n) is 3.97. The molecule has 0 spiro atoms. The number of carboxylic acid groups (broad SMARTS) is 1. The molecule has 4 N–H and O–H groups in total. The van der Waals surface area contributed by atoms with Crippen molar-refractivity contribution in [2.75, 3.05) is 18.0 Å². The van der Waals surface area contributed by atoms with Gasteiger partial charge in [0.1, 0.15) is 11.1 Å². The predicted molar refractivity (Wildman–Crippen MR) is 97.9 cm³/mol. The molecule has 134 valence electrons. The van der Waals surface area contributed by atoms with Gasteiger partial charge in [-0.15, -0.1) is 0 Å². The molecular weight excluding hydrogens is 334 g/mol. The maximum Gasteiger partial charge on any atom is 0.341 e. The van der Waals surface area contributed by atoms with E-state index in [4.69, 9.17) is 5.73 Å². The van der Waals surface area contributed by atoms with Crippen molar-refractivity contribution in [3.05, 3.63) is 34.4 Å². The average Bonchev–Trinajstić information content (AvgIpc) is 3.16. The molecule has 26 heavy (non-hydrogen) atoms. The highest BCUT2D eigenvalue weighted by atomic mass is 16.4. The molecular formula is C18H19N5O3.